The number of rotatable bonds is 11. The maximum atomic E-state index is 14.3. The molecule has 0 radical (unpaired) electrons. The molecule has 0 saturated carbocycles. The Hall–Kier alpha value is -5.40. The third kappa shape index (κ3) is 9.34. The number of benzene rings is 3. The summed E-state index contributed by atoms with van der Waals surface area (Å²) in [6.07, 6.45) is -21.3. The van der Waals surface area contributed by atoms with Crippen molar-refractivity contribution in [2.45, 2.75) is 92.9 Å². The molecule has 0 spiro atoms. The van der Waals surface area contributed by atoms with Crippen LogP contribution in [0.3, 0.4) is 0 Å². The highest BCUT2D eigenvalue weighted by Gasteiger charge is 2.50. The molecule has 3 aliphatic heterocycles. The SMILES string of the molecule is CC1OC(Oc2cc(O)c3c(=O)c(OC4OCC(O)C(O)C4OC4OC(COC(=O)C=Cc5ccc(O)cc5)C(O)C(O)C4O)c(-c4ccc(O)cc4)oc3c2)C(O)C(O)C1O. The van der Waals surface area contributed by atoms with E-state index in [2.05, 4.69) is 0 Å². The number of hydrogen-bond donors (Lipinski definition) is 11. The van der Waals surface area contributed by atoms with E-state index in [1.165, 1.54) is 61.5 Å². The van der Waals surface area contributed by atoms with Gasteiger partial charge < -0.3 is 93.7 Å². The zero-order valence-corrected chi connectivity index (χ0v) is 32.4. The standard InChI is InChI=1S/C41H44O21/c1-16-28(47)32(51)34(53)39(57-16)58-21-12-22(44)27-24(13-21)59-36(18-5-9-20(43)10-6-18)37(31(27)50)61-41-38(29(48)23(45)14-56-41)62-40-35(54)33(52)30(49)25(60-40)15-55-26(46)11-4-17-2-7-19(42)8-3-17/h2-13,16,23,25,28-30,32-35,38-45,47-49,51-54H,14-15H2,1H3. The maximum absolute atomic E-state index is 14.3. The first-order valence-electron chi connectivity index (χ1n) is 19.1. The third-order valence-electron chi connectivity index (χ3n) is 10.4. The number of phenolic OH excluding ortho intramolecular Hbond substituents is 3. The van der Waals surface area contributed by atoms with E-state index in [0.29, 0.717) is 5.56 Å². The molecule has 21 heteroatoms. The van der Waals surface area contributed by atoms with Crippen molar-refractivity contribution in [3.05, 3.63) is 82.5 Å². The van der Waals surface area contributed by atoms with E-state index in [1.807, 2.05) is 0 Å². The third-order valence-corrected chi connectivity index (χ3v) is 10.4. The van der Waals surface area contributed by atoms with Crippen LogP contribution >= 0.6 is 0 Å². The molecule has 0 bridgehead atoms. The Bertz CT molecular complexity index is 2280. The Kier molecular flexibility index (Phi) is 13.3. The smallest absolute Gasteiger partial charge is 0.330 e. The molecule has 0 amide bonds. The lowest BCUT2D eigenvalue weighted by molar-refractivity contribution is -0.348. The van der Waals surface area contributed by atoms with Crippen LogP contribution in [-0.4, -0.2) is 161 Å². The second kappa shape index (κ2) is 18.5. The van der Waals surface area contributed by atoms with Crippen molar-refractivity contribution in [1.29, 1.82) is 0 Å². The lowest BCUT2D eigenvalue weighted by Crippen LogP contribution is -2.63. The van der Waals surface area contributed by atoms with Gasteiger partial charge in [0.25, 0.3) is 0 Å². The molecular weight excluding hydrogens is 828 g/mol. The van der Waals surface area contributed by atoms with Crippen molar-refractivity contribution >= 4 is 23.0 Å². The van der Waals surface area contributed by atoms with Crippen LogP contribution in [0.15, 0.2) is 76.0 Å². The number of hydrogen-bond acceptors (Lipinski definition) is 21. The molecule has 14 unspecified atom stereocenters. The largest absolute Gasteiger partial charge is 0.508 e. The Morgan fingerprint density at radius 3 is 2.08 bits per heavy atom. The van der Waals surface area contributed by atoms with Gasteiger partial charge in [0.1, 0.15) is 95.5 Å². The fraction of sp³-hybridized carbons (Fsp3) is 0.415. The van der Waals surface area contributed by atoms with Crippen LogP contribution in [0.2, 0.25) is 0 Å². The molecule has 3 aliphatic rings. The molecule has 14 atom stereocenters. The number of ether oxygens (including phenoxy) is 7. The number of fused-ring (bicyclic) bond motifs is 1. The first kappa shape index (κ1) is 44.6. The van der Waals surface area contributed by atoms with Crippen molar-refractivity contribution in [1.82, 2.24) is 0 Å². The number of phenols is 3. The molecule has 1 aromatic heterocycles. The van der Waals surface area contributed by atoms with Crippen molar-refractivity contribution in [2.75, 3.05) is 13.2 Å². The van der Waals surface area contributed by atoms with Gasteiger partial charge in [-0.1, -0.05) is 12.1 Å². The molecule has 62 heavy (non-hydrogen) atoms. The van der Waals surface area contributed by atoms with Gasteiger partial charge in [0.2, 0.25) is 23.8 Å². The molecule has 11 N–H and O–H groups in total. The summed E-state index contributed by atoms with van der Waals surface area (Å²) in [6, 6.07) is 13.2. The first-order chi connectivity index (χ1) is 29.5. The molecule has 4 aromatic rings. The molecule has 3 aromatic carbocycles. The summed E-state index contributed by atoms with van der Waals surface area (Å²) in [4.78, 5) is 26.8. The summed E-state index contributed by atoms with van der Waals surface area (Å²) >= 11 is 0. The van der Waals surface area contributed by atoms with Gasteiger partial charge in [0.05, 0.1) is 12.7 Å². The highest BCUT2D eigenvalue weighted by molar-refractivity contribution is 5.88. The Balaban J connectivity index is 1.15. The Morgan fingerprint density at radius 1 is 0.742 bits per heavy atom. The topological polar surface area (TPSA) is 334 Å². The average molecular weight is 873 g/mol. The number of aromatic hydroxyl groups is 3. The first-order valence-corrected chi connectivity index (χ1v) is 19.1. The van der Waals surface area contributed by atoms with E-state index in [9.17, 15) is 65.8 Å². The minimum atomic E-state index is -2.01. The van der Waals surface area contributed by atoms with Gasteiger partial charge in [-0.25, -0.2) is 4.79 Å². The minimum Gasteiger partial charge on any atom is -0.508 e. The summed E-state index contributed by atoms with van der Waals surface area (Å²) in [5.41, 5.74) is -0.670. The predicted molar refractivity (Wildman–Crippen MR) is 206 cm³/mol. The van der Waals surface area contributed by atoms with E-state index in [4.69, 9.17) is 37.6 Å². The lowest BCUT2D eigenvalue weighted by Gasteiger charge is -2.44. The number of esters is 1. The van der Waals surface area contributed by atoms with Gasteiger partial charge in [-0.2, -0.15) is 0 Å². The monoisotopic (exact) mass is 872 g/mol. The molecule has 3 saturated heterocycles. The van der Waals surface area contributed by atoms with E-state index in [-0.39, 0.29) is 34.2 Å². The van der Waals surface area contributed by atoms with Crippen LogP contribution in [0.4, 0.5) is 0 Å². The zero-order chi connectivity index (χ0) is 44.6. The summed E-state index contributed by atoms with van der Waals surface area (Å²) in [5.74, 6) is -2.97. The minimum absolute atomic E-state index is 0.0145. The van der Waals surface area contributed by atoms with E-state index in [1.54, 1.807) is 0 Å². The van der Waals surface area contributed by atoms with Gasteiger partial charge >= 0.3 is 5.97 Å². The Labute approximate surface area is 349 Å². The van der Waals surface area contributed by atoms with Gasteiger partial charge in [0, 0.05) is 23.8 Å². The van der Waals surface area contributed by atoms with E-state index < -0.39 is 128 Å². The van der Waals surface area contributed by atoms with Crippen LogP contribution < -0.4 is 14.9 Å². The van der Waals surface area contributed by atoms with E-state index >= 15 is 0 Å². The fourth-order valence-electron chi connectivity index (χ4n) is 6.89. The van der Waals surface area contributed by atoms with E-state index in [0.717, 1.165) is 18.2 Å². The van der Waals surface area contributed by atoms with Crippen LogP contribution in [0.25, 0.3) is 28.4 Å². The molecule has 7 rings (SSSR count). The normalized spacial score (nSPS) is 32.7. The summed E-state index contributed by atoms with van der Waals surface area (Å²) in [5, 5.41) is 115. The van der Waals surface area contributed by atoms with Gasteiger partial charge in [-0.3, -0.25) is 4.79 Å². The highest BCUT2D eigenvalue weighted by Crippen LogP contribution is 2.39. The van der Waals surface area contributed by atoms with Gasteiger partial charge in [-0.15, -0.1) is 0 Å². The van der Waals surface area contributed by atoms with Gasteiger partial charge in [0.15, 0.2) is 18.2 Å². The Morgan fingerprint density at radius 2 is 1.39 bits per heavy atom. The molecule has 3 fully saturated rings. The number of carbonyl (C=O) groups is 1. The number of aliphatic hydroxyl groups is 8. The molecular formula is C41H44O21. The second-order valence-electron chi connectivity index (χ2n) is 14.8. The van der Waals surface area contributed by atoms with Crippen molar-refractivity contribution < 1.29 is 98.5 Å². The number of aliphatic hydroxyl groups excluding tert-OH is 8. The van der Waals surface area contributed by atoms with Crippen molar-refractivity contribution in [3.63, 3.8) is 0 Å². The highest BCUT2D eigenvalue weighted by atomic mass is 16.8. The molecule has 334 valence electrons. The average Bonchev–Trinajstić information content (AvgIpc) is 3.24. The fourth-order valence-corrected chi connectivity index (χ4v) is 6.89. The maximum Gasteiger partial charge on any atom is 0.330 e. The molecule has 4 heterocycles. The zero-order valence-electron chi connectivity index (χ0n) is 32.4. The van der Waals surface area contributed by atoms with Crippen LogP contribution in [0, 0.1) is 0 Å². The quantitative estimate of drug-likeness (QED) is 0.0616. The van der Waals surface area contributed by atoms with Gasteiger partial charge in [-0.05, 0) is 55.0 Å². The molecule has 21 nitrogen and oxygen atoms in total. The van der Waals surface area contributed by atoms with Crippen molar-refractivity contribution in [2.24, 2.45) is 0 Å². The summed E-state index contributed by atoms with van der Waals surface area (Å²) in [6.45, 7) is 0.176. The van der Waals surface area contributed by atoms with Crippen LogP contribution in [0.5, 0.6) is 28.7 Å². The molecule has 0 aliphatic carbocycles. The van der Waals surface area contributed by atoms with Crippen molar-refractivity contribution in [3.8, 4) is 40.1 Å². The predicted octanol–water partition coefficient (Wildman–Crippen LogP) is -1.31. The van der Waals surface area contributed by atoms with Crippen LogP contribution in [-0.2, 0) is 28.5 Å². The second-order valence-corrected chi connectivity index (χ2v) is 14.8. The number of carbonyl (C=O) groups excluding carboxylic acids is 1. The lowest BCUT2D eigenvalue weighted by atomic mass is 9.98. The summed E-state index contributed by atoms with van der Waals surface area (Å²) < 4.78 is 45.6. The summed E-state index contributed by atoms with van der Waals surface area (Å²) in [7, 11) is 0. The van der Waals surface area contributed by atoms with Crippen LogP contribution in [0.1, 0.15) is 12.5 Å².